The molecule has 15 heavy (non-hydrogen) atoms. The Morgan fingerprint density at radius 1 is 1.20 bits per heavy atom. The maximum absolute atomic E-state index is 5.64. The highest BCUT2D eigenvalue weighted by molar-refractivity contribution is 5.48. The number of ether oxygens (including phenoxy) is 3. The second-order valence-corrected chi connectivity index (χ2v) is 3.12. The molecular weight excluding hydrogens is 194 g/mol. The summed E-state index contributed by atoms with van der Waals surface area (Å²) in [6.45, 7) is 1.67. The number of hydrogen-bond acceptors (Lipinski definition) is 4. The lowest BCUT2D eigenvalue weighted by Crippen LogP contribution is -2.03. The van der Waals surface area contributed by atoms with Crippen molar-refractivity contribution in [3.8, 4) is 5.75 Å². The fourth-order valence-corrected chi connectivity index (χ4v) is 1.20. The molecule has 1 rings (SSSR count). The maximum atomic E-state index is 5.64. The van der Waals surface area contributed by atoms with Gasteiger partial charge in [0.1, 0.15) is 5.75 Å². The smallest absolute Gasteiger partial charge is 0.126 e. The number of benzene rings is 1. The van der Waals surface area contributed by atoms with Crippen molar-refractivity contribution < 1.29 is 14.2 Å². The van der Waals surface area contributed by atoms with Gasteiger partial charge in [0.15, 0.2) is 0 Å². The summed E-state index contributed by atoms with van der Waals surface area (Å²) >= 11 is 0. The molecule has 0 unspecified atom stereocenters. The zero-order valence-electron chi connectivity index (χ0n) is 9.16. The minimum atomic E-state index is 0.507. The normalized spacial score (nSPS) is 10.3. The largest absolute Gasteiger partial charge is 0.496 e. The number of nitrogen functional groups attached to an aromatic ring is 1. The second kappa shape index (κ2) is 6.27. The van der Waals surface area contributed by atoms with E-state index in [0.29, 0.717) is 25.5 Å². The molecule has 0 aliphatic heterocycles. The molecule has 1 aromatic carbocycles. The molecule has 84 valence electrons. The Hall–Kier alpha value is -1.26. The molecule has 0 heterocycles. The highest BCUT2D eigenvalue weighted by Crippen LogP contribution is 2.21. The zero-order chi connectivity index (χ0) is 11.1. The lowest BCUT2D eigenvalue weighted by Gasteiger charge is -2.09. The third-order valence-corrected chi connectivity index (χ3v) is 2.00. The standard InChI is InChI=1S/C11H17NO3/c1-13-5-6-15-8-9-3-4-10(12)7-11(9)14-2/h3-4,7H,5-6,8,12H2,1-2H3. The Morgan fingerprint density at radius 2 is 2.00 bits per heavy atom. The van der Waals surface area contributed by atoms with Crippen molar-refractivity contribution >= 4 is 5.69 Å². The van der Waals surface area contributed by atoms with Crippen molar-refractivity contribution in [2.75, 3.05) is 33.2 Å². The van der Waals surface area contributed by atoms with E-state index in [1.807, 2.05) is 12.1 Å². The van der Waals surface area contributed by atoms with Crippen molar-refractivity contribution in [1.82, 2.24) is 0 Å². The molecule has 0 saturated heterocycles. The van der Waals surface area contributed by atoms with Gasteiger partial charge in [-0.1, -0.05) is 6.07 Å². The van der Waals surface area contributed by atoms with Crippen molar-refractivity contribution in [2.24, 2.45) is 0 Å². The van der Waals surface area contributed by atoms with E-state index < -0.39 is 0 Å². The number of methoxy groups -OCH3 is 2. The molecule has 0 aliphatic rings. The van der Waals surface area contributed by atoms with Crippen LogP contribution in [0.1, 0.15) is 5.56 Å². The number of nitrogens with two attached hydrogens (primary N) is 1. The molecule has 4 nitrogen and oxygen atoms in total. The summed E-state index contributed by atoms with van der Waals surface area (Å²) in [7, 11) is 3.26. The third-order valence-electron chi connectivity index (χ3n) is 2.00. The minimum absolute atomic E-state index is 0.507. The summed E-state index contributed by atoms with van der Waals surface area (Å²) in [6.07, 6.45) is 0. The van der Waals surface area contributed by atoms with Gasteiger partial charge in [0.2, 0.25) is 0 Å². The summed E-state index contributed by atoms with van der Waals surface area (Å²) in [4.78, 5) is 0. The summed E-state index contributed by atoms with van der Waals surface area (Å²) in [6, 6.07) is 5.52. The Balaban J connectivity index is 2.52. The summed E-state index contributed by atoms with van der Waals surface area (Å²) < 4.78 is 15.5. The number of anilines is 1. The molecule has 0 amide bonds. The van der Waals surface area contributed by atoms with Gasteiger partial charge in [-0.2, -0.15) is 0 Å². The molecule has 0 spiro atoms. The highest BCUT2D eigenvalue weighted by Gasteiger charge is 2.02. The molecule has 2 N–H and O–H groups in total. The lowest BCUT2D eigenvalue weighted by molar-refractivity contribution is 0.0608. The predicted molar refractivity (Wildman–Crippen MR) is 58.9 cm³/mol. The van der Waals surface area contributed by atoms with E-state index in [1.165, 1.54) is 0 Å². The third kappa shape index (κ3) is 3.77. The predicted octanol–water partition coefficient (Wildman–Crippen LogP) is 1.44. The lowest BCUT2D eigenvalue weighted by atomic mass is 10.2. The zero-order valence-corrected chi connectivity index (χ0v) is 9.16. The van der Waals surface area contributed by atoms with Crippen LogP contribution in [0.5, 0.6) is 5.75 Å². The van der Waals surface area contributed by atoms with Gasteiger partial charge in [-0.05, 0) is 6.07 Å². The van der Waals surface area contributed by atoms with Crippen LogP contribution in [0.15, 0.2) is 18.2 Å². The quantitative estimate of drug-likeness (QED) is 0.571. The van der Waals surface area contributed by atoms with Crippen molar-refractivity contribution in [2.45, 2.75) is 6.61 Å². The van der Waals surface area contributed by atoms with Gasteiger partial charge in [0.25, 0.3) is 0 Å². The van der Waals surface area contributed by atoms with Gasteiger partial charge in [-0.25, -0.2) is 0 Å². The van der Waals surface area contributed by atoms with Crippen LogP contribution < -0.4 is 10.5 Å². The van der Waals surface area contributed by atoms with E-state index >= 15 is 0 Å². The molecule has 0 radical (unpaired) electrons. The molecule has 1 aromatic rings. The first kappa shape index (κ1) is 11.8. The first-order valence-electron chi connectivity index (χ1n) is 4.77. The van der Waals surface area contributed by atoms with Crippen LogP contribution in [-0.4, -0.2) is 27.4 Å². The van der Waals surface area contributed by atoms with Gasteiger partial charge < -0.3 is 19.9 Å². The molecule has 4 heteroatoms. The van der Waals surface area contributed by atoms with Crippen molar-refractivity contribution in [3.05, 3.63) is 23.8 Å². The van der Waals surface area contributed by atoms with E-state index in [-0.39, 0.29) is 0 Å². The van der Waals surface area contributed by atoms with Gasteiger partial charge in [-0.3, -0.25) is 0 Å². The average Bonchev–Trinajstić information content (AvgIpc) is 2.26. The fourth-order valence-electron chi connectivity index (χ4n) is 1.20. The Labute approximate surface area is 89.9 Å². The topological polar surface area (TPSA) is 53.7 Å². The SMILES string of the molecule is COCCOCc1ccc(N)cc1OC. The van der Waals surface area contributed by atoms with Crippen LogP contribution in [-0.2, 0) is 16.1 Å². The summed E-state index contributed by atoms with van der Waals surface area (Å²) in [5, 5.41) is 0. The highest BCUT2D eigenvalue weighted by atomic mass is 16.5. The first-order chi connectivity index (χ1) is 7.27. The first-order valence-corrected chi connectivity index (χ1v) is 4.77. The monoisotopic (exact) mass is 211 g/mol. The van der Waals surface area contributed by atoms with Crippen molar-refractivity contribution in [1.29, 1.82) is 0 Å². The number of hydrogen-bond donors (Lipinski definition) is 1. The summed E-state index contributed by atoms with van der Waals surface area (Å²) in [5.41, 5.74) is 7.31. The Morgan fingerprint density at radius 3 is 2.67 bits per heavy atom. The van der Waals surface area contributed by atoms with Gasteiger partial charge in [-0.15, -0.1) is 0 Å². The molecule has 0 aliphatic carbocycles. The van der Waals surface area contributed by atoms with E-state index in [9.17, 15) is 0 Å². The number of rotatable bonds is 6. The van der Waals surface area contributed by atoms with Crippen LogP contribution in [0, 0.1) is 0 Å². The van der Waals surface area contributed by atoms with Gasteiger partial charge in [0, 0.05) is 24.4 Å². The molecule has 0 aromatic heterocycles. The molecule has 0 atom stereocenters. The second-order valence-electron chi connectivity index (χ2n) is 3.12. The van der Waals surface area contributed by atoms with Crippen LogP contribution >= 0.6 is 0 Å². The van der Waals surface area contributed by atoms with Gasteiger partial charge >= 0.3 is 0 Å². The van der Waals surface area contributed by atoms with E-state index in [1.54, 1.807) is 20.3 Å². The van der Waals surface area contributed by atoms with Gasteiger partial charge in [0.05, 0.1) is 26.9 Å². The Kier molecular flexibility index (Phi) is 4.93. The average molecular weight is 211 g/mol. The Bertz CT molecular complexity index is 302. The van der Waals surface area contributed by atoms with E-state index in [0.717, 1.165) is 11.3 Å². The van der Waals surface area contributed by atoms with Crippen LogP contribution in [0.2, 0.25) is 0 Å². The summed E-state index contributed by atoms with van der Waals surface area (Å²) in [5.74, 6) is 0.757. The van der Waals surface area contributed by atoms with E-state index in [4.69, 9.17) is 19.9 Å². The van der Waals surface area contributed by atoms with Crippen LogP contribution in [0.4, 0.5) is 5.69 Å². The van der Waals surface area contributed by atoms with E-state index in [2.05, 4.69) is 0 Å². The van der Waals surface area contributed by atoms with Crippen LogP contribution in [0.3, 0.4) is 0 Å². The van der Waals surface area contributed by atoms with Crippen LogP contribution in [0.25, 0.3) is 0 Å². The van der Waals surface area contributed by atoms with Crippen molar-refractivity contribution in [3.63, 3.8) is 0 Å². The molecule has 0 saturated carbocycles. The minimum Gasteiger partial charge on any atom is -0.496 e. The maximum Gasteiger partial charge on any atom is 0.126 e. The molecular formula is C11H17NO3. The fraction of sp³-hybridized carbons (Fsp3) is 0.455. The molecule has 0 fully saturated rings. The molecule has 0 bridgehead atoms.